The molecule has 2 saturated heterocycles. The molecular formula is C20H24N4O3. The molecule has 2 aromatic rings. The standard InChI is InChI=1S/C20H24N4O3/c25-18-12-20(19(26)22-18)6-9-24(14-20)13-16-2-4-17(5-3-16)27-11-1-8-23-10-7-21-15-23/h2-5,7,10,15H,1,6,8-9,11-14H2,(H,22,25,26)/t20-/m0/s1. The number of likely N-dealkylation sites (tertiary alicyclic amines) is 1. The monoisotopic (exact) mass is 368 g/mol. The maximum absolute atomic E-state index is 12.1. The Balaban J connectivity index is 1.23. The van der Waals surface area contributed by atoms with Crippen molar-refractivity contribution in [1.82, 2.24) is 19.8 Å². The first kappa shape index (κ1) is 17.7. The van der Waals surface area contributed by atoms with E-state index in [1.54, 1.807) is 6.20 Å². The largest absolute Gasteiger partial charge is 0.494 e. The smallest absolute Gasteiger partial charge is 0.234 e. The molecule has 1 atom stereocenters. The van der Waals surface area contributed by atoms with Crippen molar-refractivity contribution >= 4 is 11.8 Å². The molecule has 2 fully saturated rings. The van der Waals surface area contributed by atoms with Crippen LogP contribution in [0.15, 0.2) is 43.0 Å². The molecule has 0 bridgehead atoms. The fraction of sp³-hybridized carbons (Fsp3) is 0.450. The number of aryl methyl sites for hydroxylation is 1. The third-order valence-corrected chi connectivity index (χ3v) is 5.38. The number of imidazole rings is 1. The van der Waals surface area contributed by atoms with E-state index in [0.717, 1.165) is 38.2 Å². The summed E-state index contributed by atoms with van der Waals surface area (Å²) < 4.78 is 7.83. The second-order valence-electron chi connectivity index (χ2n) is 7.44. The van der Waals surface area contributed by atoms with Crippen molar-refractivity contribution in [3.8, 4) is 5.75 Å². The second kappa shape index (κ2) is 7.52. The van der Waals surface area contributed by atoms with Crippen LogP contribution in [0.5, 0.6) is 5.75 Å². The summed E-state index contributed by atoms with van der Waals surface area (Å²) in [7, 11) is 0. The highest BCUT2D eigenvalue weighted by molar-refractivity contribution is 6.06. The Morgan fingerprint density at radius 2 is 2.07 bits per heavy atom. The maximum atomic E-state index is 12.1. The normalized spacial score (nSPS) is 22.5. The summed E-state index contributed by atoms with van der Waals surface area (Å²) in [6.45, 7) is 3.83. The highest BCUT2D eigenvalue weighted by Gasteiger charge is 2.50. The second-order valence-corrected chi connectivity index (χ2v) is 7.44. The summed E-state index contributed by atoms with van der Waals surface area (Å²) in [5.74, 6) is 0.619. The van der Waals surface area contributed by atoms with E-state index in [0.29, 0.717) is 19.6 Å². The zero-order valence-corrected chi connectivity index (χ0v) is 15.3. The van der Waals surface area contributed by atoms with Gasteiger partial charge in [-0.25, -0.2) is 4.98 Å². The fourth-order valence-electron chi connectivity index (χ4n) is 3.92. The van der Waals surface area contributed by atoms with E-state index >= 15 is 0 Å². The van der Waals surface area contributed by atoms with Crippen LogP contribution in [0.1, 0.15) is 24.8 Å². The van der Waals surface area contributed by atoms with Crippen molar-refractivity contribution in [2.45, 2.75) is 32.4 Å². The molecule has 7 nitrogen and oxygen atoms in total. The molecule has 0 unspecified atom stereocenters. The van der Waals surface area contributed by atoms with Crippen molar-refractivity contribution in [3.63, 3.8) is 0 Å². The van der Waals surface area contributed by atoms with Crippen LogP contribution >= 0.6 is 0 Å². The minimum Gasteiger partial charge on any atom is -0.494 e. The average molecular weight is 368 g/mol. The first-order valence-electron chi connectivity index (χ1n) is 9.37. The summed E-state index contributed by atoms with van der Waals surface area (Å²) in [4.78, 5) is 29.9. The zero-order chi connectivity index (χ0) is 18.7. The van der Waals surface area contributed by atoms with Gasteiger partial charge in [0.15, 0.2) is 0 Å². The van der Waals surface area contributed by atoms with Gasteiger partial charge in [-0.3, -0.25) is 19.8 Å². The van der Waals surface area contributed by atoms with E-state index in [9.17, 15) is 9.59 Å². The fourth-order valence-corrected chi connectivity index (χ4v) is 3.92. The lowest BCUT2D eigenvalue weighted by Crippen LogP contribution is -2.34. The van der Waals surface area contributed by atoms with E-state index in [2.05, 4.69) is 27.3 Å². The van der Waals surface area contributed by atoms with Crippen LogP contribution in [0.3, 0.4) is 0 Å². The molecular weight excluding hydrogens is 344 g/mol. The molecule has 2 aliphatic heterocycles. The SMILES string of the molecule is O=C1C[C@]2(CCN(Cc3ccc(OCCCn4ccnc4)cc3)C2)C(=O)N1. The summed E-state index contributed by atoms with van der Waals surface area (Å²) in [5, 5.41) is 2.45. The van der Waals surface area contributed by atoms with Crippen LogP contribution < -0.4 is 10.1 Å². The first-order chi connectivity index (χ1) is 13.1. The first-order valence-corrected chi connectivity index (χ1v) is 9.37. The third-order valence-electron chi connectivity index (χ3n) is 5.38. The van der Waals surface area contributed by atoms with Gasteiger partial charge in [0.05, 0.1) is 18.3 Å². The number of hydrogen-bond donors (Lipinski definition) is 1. The van der Waals surface area contributed by atoms with Crippen LogP contribution in [0.25, 0.3) is 0 Å². The van der Waals surface area contributed by atoms with Crippen LogP contribution in [-0.4, -0.2) is 46.0 Å². The van der Waals surface area contributed by atoms with Gasteiger partial charge in [-0.15, -0.1) is 0 Å². The molecule has 0 radical (unpaired) electrons. The van der Waals surface area contributed by atoms with Crippen molar-refractivity contribution in [1.29, 1.82) is 0 Å². The number of amides is 2. The number of rotatable bonds is 7. The lowest BCUT2D eigenvalue weighted by molar-refractivity contribution is -0.128. The Morgan fingerprint density at radius 3 is 2.78 bits per heavy atom. The number of carbonyl (C=O) groups is 2. The average Bonchev–Trinajstić information content (AvgIpc) is 3.36. The van der Waals surface area contributed by atoms with Crippen molar-refractivity contribution in [3.05, 3.63) is 48.5 Å². The minimum absolute atomic E-state index is 0.102. The Hall–Kier alpha value is -2.67. The molecule has 1 spiro atoms. The van der Waals surface area contributed by atoms with E-state index in [4.69, 9.17) is 4.74 Å². The van der Waals surface area contributed by atoms with Gasteiger partial charge < -0.3 is 9.30 Å². The molecule has 0 saturated carbocycles. The molecule has 142 valence electrons. The van der Waals surface area contributed by atoms with Crippen molar-refractivity contribution < 1.29 is 14.3 Å². The summed E-state index contributed by atoms with van der Waals surface area (Å²) >= 11 is 0. The van der Waals surface area contributed by atoms with Crippen molar-refractivity contribution in [2.24, 2.45) is 5.41 Å². The number of carbonyl (C=O) groups excluding carboxylic acids is 2. The number of aromatic nitrogens is 2. The topological polar surface area (TPSA) is 76.5 Å². The van der Waals surface area contributed by atoms with E-state index in [-0.39, 0.29) is 11.8 Å². The van der Waals surface area contributed by atoms with E-state index in [1.165, 1.54) is 5.56 Å². The molecule has 0 aliphatic carbocycles. The lowest BCUT2D eigenvalue weighted by atomic mass is 9.85. The third kappa shape index (κ3) is 4.03. The zero-order valence-electron chi connectivity index (χ0n) is 15.3. The minimum atomic E-state index is -0.505. The Bertz CT molecular complexity index is 803. The quantitative estimate of drug-likeness (QED) is 0.593. The number of benzene rings is 1. The predicted octanol–water partition coefficient (Wildman–Crippen LogP) is 1.59. The lowest BCUT2D eigenvalue weighted by Gasteiger charge is -2.20. The summed E-state index contributed by atoms with van der Waals surface area (Å²) in [6.07, 6.45) is 7.54. The van der Waals surface area contributed by atoms with Gasteiger partial charge in [-0.05, 0) is 37.1 Å². The van der Waals surface area contributed by atoms with Gasteiger partial charge in [0.25, 0.3) is 0 Å². The summed E-state index contributed by atoms with van der Waals surface area (Å²) in [5.41, 5.74) is 0.678. The van der Waals surface area contributed by atoms with Gasteiger partial charge in [0, 0.05) is 38.4 Å². The van der Waals surface area contributed by atoms with E-state index < -0.39 is 5.41 Å². The van der Waals surface area contributed by atoms with Crippen molar-refractivity contribution in [2.75, 3.05) is 19.7 Å². The molecule has 4 rings (SSSR count). The molecule has 3 heterocycles. The van der Waals surface area contributed by atoms with Crippen LogP contribution in [0, 0.1) is 5.41 Å². The molecule has 1 N–H and O–H groups in total. The number of hydrogen-bond acceptors (Lipinski definition) is 5. The number of ether oxygens (including phenoxy) is 1. The molecule has 2 amide bonds. The van der Waals surface area contributed by atoms with Crippen LogP contribution in [-0.2, 0) is 22.7 Å². The molecule has 1 aromatic carbocycles. The van der Waals surface area contributed by atoms with Crippen LogP contribution in [0.4, 0.5) is 0 Å². The van der Waals surface area contributed by atoms with Gasteiger partial charge in [-0.2, -0.15) is 0 Å². The van der Waals surface area contributed by atoms with Gasteiger partial charge in [0.1, 0.15) is 5.75 Å². The number of nitrogens with one attached hydrogen (secondary N) is 1. The number of nitrogens with zero attached hydrogens (tertiary/aromatic N) is 3. The Morgan fingerprint density at radius 1 is 1.22 bits per heavy atom. The van der Waals surface area contributed by atoms with Gasteiger partial charge in [0.2, 0.25) is 11.8 Å². The predicted molar refractivity (Wildman–Crippen MR) is 98.9 cm³/mol. The molecule has 2 aliphatic rings. The van der Waals surface area contributed by atoms with Gasteiger partial charge in [-0.1, -0.05) is 12.1 Å². The van der Waals surface area contributed by atoms with Crippen LogP contribution in [0.2, 0.25) is 0 Å². The highest BCUT2D eigenvalue weighted by atomic mass is 16.5. The maximum Gasteiger partial charge on any atom is 0.234 e. The molecule has 7 heteroatoms. The summed E-state index contributed by atoms with van der Waals surface area (Å²) in [6, 6.07) is 8.11. The number of imide groups is 1. The van der Waals surface area contributed by atoms with Gasteiger partial charge >= 0.3 is 0 Å². The highest BCUT2D eigenvalue weighted by Crippen LogP contribution is 2.38. The Kier molecular flexibility index (Phi) is 4.94. The Labute approximate surface area is 158 Å². The van der Waals surface area contributed by atoms with E-state index in [1.807, 2.05) is 29.2 Å². The molecule has 1 aromatic heterocycles. The molecule has 27 heavy (non-hydrogen) atoms.